The number of benzene rings is 3. The first-order valence-corrected chi connectivity index (χ1v) is 12.4. The third-order valence-electron chi connectivity index (χ3n) is 5.38. The Morgan fingerprint density at radius 2 is 1.66 bits per heavy atom. The second-order valence-electron chi connectivity index (χ2n) is 8.31. The molecule has 1 heterocycles. The van der Waals surface area contributed by atoms with Crippen molar-refractivity contribution in [2.75, 3.05) is 11.1 Å². The van der Waals surface area contributed by atoms with Crippen molar-refractivity contribution in [2.24, 2.45) is 0 Å². The van der Waals surface area contributed by atoms with Gasteiger partial charge in [0.1, 0.15) is 11.6 Å². The normalized spacial score (nSPS) is 11.9. The molecular weight excluding hydrogens is 463 g/mol. The van der Waals surface area contributed by atoms with Crippen molar-refractivity contribution in [2.45, 2.75) is 37.9 Å². The number of carbonyl (C=O) groups excluding carboxylic acids is 1. The lowest BCUT2D eigenvalue weighted by molar-refractivity contribution is -0.113. The molecule has 1 atom stereocenters. The fraction of sp³-hybridized carbons (Fsp3) is 0.222. The summed E-state index contributed by atoms with van der Waals surface area (Å²) in [6.45, 7) is 6.21. The van der Waals surface area contributed by atoms with Crippen molar-refractivity contribution in [1.29, 1.82) is 0 Å². The molecule has 0 aliphatic rings. The van der Waals surface area contributed by atoms with Crippen LogP contribution >= 0.6 is 11.8 Å². The number of nitrogens with zero attached hydrogens (tertiary/aromatic N) is 3. The summed E-state index contributed by atoms with van der Waals surface area (Å²) in [7, 11) is 0. The first-order chi connectivity index (χ1) is 16.9. The number of carbonyl (C=O) groups is 1. The van der Waals surface area contributed by atoms with Crippen LogP contribution in [0.4, 0.5) is 10.1 Å². The summed E-state index contributed by atoms with van der Waals surface area (Å²) >= 11 is 1.22. The van der Waals surface area contributed by atoms with Gasteiger partial charge in [-0.3, -0.25) is 9.36 Å². The number of anilines is 1. The maximum absolute atomic E-state index is 13.9. The quantitative estimate of drug-likeness (QED) is 0.275. The van der Waals surface area contributed by atoms with E-state index in [-0.39, 0.29) is 17.3 Å². The van der Waals surface area contributed by atoms with Crippen LogP contribution in [0.5, 0.6) is 5.75 Å². The summed E-state index contributed by atoms with van der Waals surface area (Å²) < 4.78 is 21.9. The lowest BCUT2D eigenvalue weighted by Crippen LogP contribution is -2.16. The van der Waals surface area contributed by atoms with Crippen LogP contribution in [0.1, 0.15) is 44.2 Å². The van der Waals surface area contributed by atoms with Crippen molar-refractivity contribution < 1.29 is 13.9 Å². The Morgan fingerprint density at radius 3 is 2.34 bits per heavy atom. The molecule has 0 aliphatic heterocycles. The Labute approximate surface area is 208 Å². The average Bonchev–Trinajstić information content (AvgIpc) is 3.29. The van der Waals surface area contributed by atoms with Gasteiger partial charge in [0.15, 0.2) is 17.1 Å². The molecule has 6 nitrogen and oxygen atoms in total. The van der Waals surface area contributed by atoms with Crippen LogP contribution in [0, 0.1) is 5.82 Å². The van der Waals surface area contributed by atoms with Gasteiger partial charge in [-0.2, -0.15) is 0 Å². The van der Waals surface area contributed by atoms with Crippen LogP contribution in [0.25, 0.3) is 5.69 Å². The van der Waals surface area contributed by atoms with E-state index in [9.17, 15) is 9.18 Å². The predicted molar refractivity (Wildman–Crippen MR) is 137 cm³/mol. The minimum absolute atomic E-state index is 0.0468. The van der Waals surface area contributed by atoms with Crippen molar-refractivity contribution in [1.82, 2.24) is 14.8 Å². The van der Waals surface area contributed by atoms with Gasteiger partial charge in [-0.05, 0) is 54.8 Å². The second-order valence-corrected chi connectivity index (χ2v) is 9.25. The SMILES string of the molecule is CC(C)c1ccc(OC(C)c2nnc(SCC(=O)Nc3ccccc3F)n2-c2ccccc2)cc1. The number of amides is 1. The van der Waals surface area contributed by atoms with Crippen molar-refractivity contribution in [3.8, 4) is 11.4 Å². The van der Waals surface area contributed by atoms with Crippen molar-refractivity contribution >= 4 is 23.4 Å². The number of rotatable bonds is 9. The summed E-state index contributed by atoms with van der Waals surface area (Å²) in [5.74, 6) is 1.03. The van der Waals surface area contributed by atoms with Gasteiger partial charge in [0.25, 0.3) is 0 Å². The first kappa shape index (κ1) is 24.5. The number of nitrogens with one attached hydrogen (secondary N) is 1. The highest BCUT2D eigenvalue weighted by Crippen LogP contribution is 2.29. The first-order valence-electron chi connectivity index (χ1n) is 11.4. The zero-order valence-corrected chi connectivity index (χ0v) is 20.6. The van der Waals surface area contributed by atoms with Crippen molar-refractivity contribution in [3.63, 3.8) is 0 Å². The number of hydrogen-bond donors (Lipinski definition) is 1. The number of para-hydroxylation sites is 2. The highest BCUT2D eigenvalue weighted by Gasteiger charge is 2.22. The fourth-order valence-corrected chi connectivity index (χ4v) is 4.28. The van der Waals surface area contributed by atoms with Gasteiger partial charge >= 0.3 is 0 Å². The van der Waals surface area contributed by atoms with Crippen LogP contribution in [-0.2, 0) is 4.79 Å². The zero-order chi connectivity index (χ0) is 24.8. The molecule has 180 valence electrons. The molecule has 0 fully saturated rings. The fourth-order valence-electron chi connectivity index (χ4n) is 3.52. The molecular formula is C27H27FN4O2S. The maximum Gasteiger partial charge on any atom is 0.234 e. The van der Waals surface area contributed by atoms with Crippen LogP contribution in [0.15, 0.2) is 84.0 Å². The third-order valence-corrected chi connectivity index (χ3v) is 6.31. The zero-order valence-electron chi connectivity index (χ0n) is 19.8. The summed E-state index contributed by atoms with van der Waals surface area (Å²) in [5, 5.41) is 11.9. The van der Waals surface area contributed by atoms with E-state index in [1.807, 2.05) is 54.0 Å². The third kappa shape index (κ3) is 6.08. The minimum Gasteiger partial charge on any atom is -0.483 e. The molecule has 0 radical (unpaired) electrons. The standard InChI is InChI=1S/C27H27FN4O2S/c1-18(2)20-13-15-22(16-14-20)34-19(3)26-30-31-27(32(26)21-9-5-4-6-10-21)35-17-25(33)29-24-12-8-7-11-23(24)28/h4-16,18-19H,17H2,1-3H3,(H,29,33). The summed E-state index contributed by atoms with van der Waals surface area (Å²) in [5.41, 5.74) is 2.24. The molecule has 0 bridgehead atoms. The number of thioether (sulfide) groups is 1. The monoisotopic (exact) mass is 490 g/mol. The summed E-state index contributed by atoms with van der Waals surface area (Å²) in [6.07, 6.45) is -0.394. The molecule has 8 heteroatoms. The highest BCUT2D eigenvalue weighted by atomic mass is 32.2. The Balaban J connectivity index is 1.53. The van der Waals surface area contributed by atoms with E-state index in [0.29, 0.717) is 16.9 Å². The van der Waals surface area contributed by atoms with Gasteiger partial charge in [0.05, 0.1) is 11.4 Å². The smallest absolute Gasteiger partial charge is 0.234 e. The number of ether oxygens (including phenoxy) is 1. The van der Waals surface area contributed by atoms with E-state index in [0.717, 1.165) is 11.4 Å². The lowest BCUT2D eigenvalue weighted by Gasteiger charge is -2.17. The van der Waals surface area contributed by atoms with E-state index >= 15 is 0 Å². The number of aromatic nitrogens is 3. The number of halogens is 1. The van der Waals surface area contributed by atoms with E-state index in [1.54, 1.807) is 12.1 Å². The Morgan fingerprint density at radius 1 is 0.971 bits per heavy atom. The predicted octanol–water partition coefficient (Wildman–Crippen LogP) is 6.40. The van der Waals surface area contributed by atoms with Crippen LogP contribution < -0.4 is 10.1 Å². The molecule has 4 rings (SSSR count). The van der Waals surface area contributed by atoms with E-state index in [4.69, 9.17) is 4.74 Å². The second kappa shape index (κ2) is 11.2. The average molecular weight is 491 g/mol. The van der Waals surface area contributed by atoms with Gasteiger partial charge < -0.3 is 10.1 Å². The molecule has 0 saturated heterocycles. The van der Waals surface area contributed by atoms with Gasteiger partial charge in [0, 0.05) is 5.69 Å². The lowest BCUT2D eigenvalue weighted by atomic mass is 10.0. The summed E-state index contributed by atoms with van der Waals surface area (Å²) in [6, 6.07) is 23.8. The largest absolute Gasteiger partial charge is 0.483 e. The van der Waals surface area contributed by atoms with E-state index in [2.05, 4.69) is 41.5 Å². The number of hydrogen-bond acceptors (Lipinski definition) is 5. The van der Waals surface area contributed by atoms with E-state index < -0.39 is 11.9 Å². The molecule has 1 amide bonds. The minimum atomic E-state index is -0.479. The molecule has 0 aliphatic carbocycles. The molecule has 4 aromatic rings. The maximum atomic E-state index is 13.9. The van der Waals surface area contributed by atoms with Gasteiger partial charge in [-0.25, -0.2) is 4.39 Å². The molecule has 0 saturated carbocycles. The van der Waals surface area contributed by atoms with Crippen LogP contribution in [0.2, 0.25) is 0 Å². The van der Waals surface area contributed by atoms with Gasteiger partial charge in [0.2, 0.25) is 5.91 Å². The van der Waals surface area contributed by atoms with E-state index in [1.165, 1.54) is 29.5 Å². The summed E-state index contributed by atoms with van der Waals surface area (Å²) in [4.78, 5) is 12.5. The molecule has 1 N–H and O–H groups in total. The topological polar surface area (TPSA) is 69.0 Å². The van der Waals surface area contributed by atoms with Crippen LogP contribution in [0.3, 0.4) is 0 Å². The Kier molecular flexibility index (Phi) is 7.82. The Hall–Kier alpha value is -3.65. The van der Waals surface area contributed by atoms with Gasteiger partial charge in [-0.1, -0.05) is 68.1 Å². The van der Waals surface area contributed by atoms with Crippen LogP contribution in [-0.4, -0.2) is 26.4 Å². The molecule has 1 aromatic heterocycles. The molecule has 1 unspecified atom stereocenters. The highest BCUT2D eigenvalue weighted by molar-refractivity contribution is 7.99. The van der Waals surface area contributed by atoms with Crippen molar-refractivity contribution in [3.05, 3.63) is 96.1 Å². The Bertz CT molecular complexity index is 1280. The molecule has 35 heavy (non-hydrogen) atoms. The molecule has 3 aromatic carbocycles. The van der Waals surface area contributed by atoms with Gasteiger partial charge in [-0.15, -0.1) is 10.2 Å². The molecule has 0 spiro atoms.